The molecule has 20 heavy (non-hydrogen) atoms. The number of benzene rings is 1. The lowest BCUT2D eigenvalue weighted by molar-refractivity contribution is -0.145. The minimum Gasteiger partial charge on any atom is -0.381 e. The van der Waals surface area contributed by atoms with E-state index in [0.29, 0.717) is 11.3 Å². The predicted molar refractivity (Wildman–Crippen MR) is 65.9 cm³/mol. The van der Waals surface area contributed by atoms with Gasteiger partial charge in [0.15, 0.2) is 0 Å². The average molecular weight is 286 g/mol. The number of nitrogens with one attached hydrogen (secondary N) is 1. The summed E-state index contributed by atoms with van der Waals surface area (Å²) in [4.78, 5) is 11.5. The summed E-state index contributed by atoms with van der Waals surface area (Å²) in [6, 6.07) is 8.26. The molecule has 7 heteroatoms. The van der Waals surface area contributed by atoms with Gasteiger partial charge in [-0.1, -0.05) is 6.07 Å². The topological polar surface area (TPSA) is 62.1 Å². The third kappa shape index (κ3) is 6.75. The van der Waals surface area contributed by atoms with Gasteiger partial charge in [0, 0.05) is 5.69 Å². The second kappa shape index (κ2) is 7.50. The highest BCUT2D eigenvalue weighted by Gasteiger charge is 2.26. The molecule has 1 N–H and O–H groups in total. The molecular formula is C13H13F3N2O2. The van der Waals surface area contributed by atoms with Crippen LogP contribution in [-0.2, 0) is 9.53 Å². The zero-order chi connectivity index (χ0) is 15.0. The summed E-state index contributed by atoms with van der Waals surface area (Å²) in [5, 5.41) is 11.2. The molecule has 1 aromatic carbocycles. The van der Waals surface area contributed by atoms with Crippen LogP contribution in [0.15, 0.2) is 24.3 Å². The smallest absolute Gasteiger partial charge is 0.381 e. The highest BCUT2D eigenvalue weighted by atomic mass is 19.4. The van der Waals surface area contributed by atoms with Crippen molar-refractivity contribution in [3.8, 4) is 6.07 Å². The van der Waals surface area contributed by atoms with Crippen molar-refractivity contribution in [1.82, 2.24) is 0 Å². The molecule has 1 amide bonds. The van der Waals surface area contributed by atoms with Crippen molar-refractivity contribution in [3.63, 3.8) is 0 Å². The van der Waals surface area contributed by atoms with E-state index in [1.807, 2.05) is 6.07 Å². The molecule has 0 unspecified atom stereocenters. The van der Waals surface area contributed by atoms with E-state index in [1.54, 1.807) is 18.2 Å². The van der Waals surface area contributed by atoms with Gasteiger partial charge in [0.25, 0.3) is 0 Å². The fourth-order valence-electron chi connectivity index (χ4n) is 1.34. The molecule has 0 bridgehead atoms. The largest absolute Gasteiger partial charge is 0.391 e. The molecule has 0 aliphatic heterocycles. The zero-order valence-corrected chi connectivity index (χ0v) is 10.5. The number of nitriles is 1. The maximum atomic E-state index is 11.8. The van der Waals surface area contributed by atoms with E-state index in [4.69, 9.17) is 10.00 Å². The van der Waals surface area contributed by atoms with E-state index in [9.17, 15) is 18.0 Å². The molecule has 0 atom stereocenters. The Bertz CT molecular complexity index is 495. The van der Waals surface area contributed by atoms with Crippen LogP contribution in [0.2, 0.25) is 0 Å². The van der Waals surface area contributed by atoms with E-state index in [1.165, 1.54) is 6.07 Å². The summed E-state index contributed by atoms with van der Waals surface area (Å²) in [6.07, 6.45) is -5.33. The lowest BCUT2D eigenvalue weighted by Gasteiger charge is -2.08. The van der Waals surface area contributed by atoms with E-state index >= 15 is 0 Å². The molecule has 108 valence electrons. The highest BCUT2D eigenvalue weighted by Crippen LogP contribution is 2.19. The summed E-state index contributed by atoms with van der Waals surface area (Å²) < 4.78 is 40.2. The van der Waals surface area contributed by atoms with Crippen LogP contribution in [0.4, 0.5) is 18.9 Å². The molecular weight excluding hydrogens is 273 g/mol. The van der Waals surface area contributed by atoms with Crippen molar-refractivity contribution >= 4 is 11.6 Å². The van der Waals surface area contributed by atoms with Crippen molar-refractivity contribution in [3.05, 3.63) is 29.8 Å². The molecule has 0 fully saturated rings. The standard InChI is InChI=1S/C13H13F3N2O2/c14-13(15,16)5-7-20-6-4-12(19)18-11-3-1-2-10(8-11)9-17/h1-3,8H,4-7H2,(H,18,19). The number of carbonyl (C=O) groups is 1. The number of amides is 1. The Balaban J connectivity index is 2.25. The average Bonchev–Trinajstić information content (AvgIpc) is 2.37. The third-order valence-corrected chi connectivity index (χ3v) is 2.28. The first-order valence-corrected chi connectivity index (χ1v) is 5.85. The maximum absolute atomic E-state index is 11.8. The number of alkyl halides is 3. The second-order valence-electron chi connectivity index (χ2n) is 3.97. The van der Waals surface area contributed by atoms with E-state index in [2.05, 4.69) is 5.32 Å². The summed E-state index contributed by atoms with van der Waals surface area (Å²) in [7, 11) is 0. The molecule has 1 rings (SSSR count). The summed E-state index contributed by atoms with van der Waals surface area (Å²) in [5.74, 6) is -0.382. The van der Waals surface area contributed by atoms with E-state index in [-0.39, 0.29) is 18.9 Å². The number of hydrogen-bond donors (Lipinski definition) is 1. The molecule has 0 saturated carbocycles. The third-order valence-electron chi connectivity index (χ3n) is 2.28. The van der Waals surface area contributed by atoms with Crippen molar-refractivity contribution in [1.29, 1.82) is 5.26 Å². The number of hydrogen-bond acceptors (Lipinski definition) is 3. The quantitative estimate of drug-likeness (QED) is 0.818. The number of rotatable bonds is 6. The molecule has 0 aliphatic carbocycles. The fraction of sp³-hybridized carbons (Fsp3) is 0.385. The number of carbonyl (C=O) groups excluding carboxylic acids is 1. The van der Waals surface area contributed by atoms with Gasteiger partial charge < -0.3 is 10.1 Å². The van der Waals surface area contributed by atoms with Gasteiger partial charge in [-0.15, -0.1) is 0 Å². The Labute approximate surface area is 114 Å². The van der Waals surface area contributed by atoms with Crippen LogP contribution in [0.5, 0.6) is 0 Å². The highest BCUT2D eigenvalue weighted by molar-refractivity contribution is 5.90. The van der Waals surface area contributed by atoms with Gasteiger partial charge in [0.1, 0.15) is 0 Å². The Hall–Kier alpha value is -2.07. The molecule has 0 radical (unpaired) electrons. The summed E-state index contributed by atoms with van der Waals surface area (Å²) in [6.45, 7) is -0.541. The van der Waals surface area contributed by atoms with Crippen molar-refractivity contribution in [2.24, 2.45) is 0 Å². The van der Waals surface area contributed by atoms with Crippen LogP contribution >= 0.6 is 0 Å². The number of nitrogens with zero attached hydrogens (tertiary/aromatic N) is 1. The number of halogens is 3. The molecule has 1 aromatic rings. The summed E-state index contributed by atoms with van der Waals surface area (Å²) in [5.41, 5.74) is 0.869. The first kappa shape index (κ1) is 16.0. The van der Waals surface area contributed by atoms with Crippen LogP contribution in [0.1, 0.15) is 18.4 Å². The maximum Gasteiger partial charge on any atom is 0.391 e. The molecule has 0 heterocycles. The first-order chi connectivity index (χ1) is 9.40. The van der Waals surface area contributed by atoms with Gasteiger partial charge in [-0.2, -0.15) is 18.4 Å². The minimum absolute atomic E-state index is 0.0470. The lowest BCUT2D eigenvalue weighted by atomic mass is 10.2. The second-order valence-corrected chi connectivity index (χ2v) is 3.97. The monoisotopic (exact) mass is 286 g/mol. The molecule has 4 nitrogen and oxygen atoms in total. The van der Waals surface area contributed by atoms with Gasteiger partial charge in [0.2, 0.25) is 5.91 Å². The Kier molecular flexibility index (Phi) is 6.00. The van der Waals surface area contributed by atoms with E-state index in [0.717, 1.165) is 0 Å². The molecule has 0 aliphatic rings. The number of ether oxygens (including phenoxy) is 1. The zero-order valence-electron chi connectivity index (χ0n) is 10.5. The van der Waals surface area contributed by atoms with Crippen LogP contribution in [0.3, 0.4) is 0 Å². The van der Waals surface area contributed by atoms with Gasteiger partial charge in [-0.05, 0) is 18.2 Å². The minimum atomic E-state index is -4.25. The number of anilines is 1. The molecule has 0 aromatic heterocycles. The van der Waals surface area contributed by atoms with Crippen LogP contribution in [0, 0.1) is 11.3 Å². The van der Waals surface area contributed by atoms with Crippen LogP contribution < -0.4 is 5.32 Å². The van der Waals surface area contributed by atoms with Crippen molar-refractivity contribution in [2.45, 2.75) is 19.0 Å². The Morgan fingerprint density at radius 1 is 1.35 bits per heavy atom. The summed E-state index contributed by atoms with van der Waals surface area (Å²) >= 11 is 0. The first-order valence-electron chi connectivity index (χ1n) is 5.85. The van der Waals surface area contributed by atoms with Gasteiger partial charge in [-0.25, -0.2) is 0 Å². The van der Waals surface area contributed by atoms with Gasteiger partial charge in [-0.3, -0.25) is 4.79 Å². The molecule has 0 spiro atoms. The van der Waals surface area contributed by atoms with Crippen molar-refractivity contribution < 1.29 is 22.7 Å². The normalized spacial score (nSPS) is 10.9. The van der Waals surface area contributed by atoms with Gasteiger partial charge in [0.05, 0.1) is 37.7 Å². The van der Waals surface area contributed by atoms with Crippen LogP contribution in [-0.4, -0.2) is 25.3 Å². The van der Waals surface area contributed by atoms with Gasteiger partial charge >= 0.3 is 6.18 Å². The predicted octanol–water partition coefficient (Wildman–Crippen LogP) is 2.86. The van der Waals surface area contributed by atoms with E-state index < -0.39 is 19.2 Å². The Morgan fingerprint density at radius 3 is 2.75 bits per heavy atom. The lowest BCUT2D eigenvalue weighted by Crippen LogP contribution is -2.16. The fourth-order valence-corrected chi connectivity index (χ4v) is 1.34. The Morgan fingerprint density at radius 2 is 2.10 bits per heavy atom. The van der Waals surface area contributed by atoms with Crippen LogP contribution in [0.25, 0.3) is 0 Å². The SMILES string of the molecule is N#Cc1cccc(NC(=O)CCOCCC(F)(F)F)c1. The molecule has 0 saturated heterocycles. The van der Waals surface area contributed by atoms with Crippen molar-refractivity contribution in [2.75, 3.05) is 18.5 Å².